The predicted octanol–water partition coefficient (Wildman–Crippen LogP) is 4.34. The Labute approximate surface area is 173 Å². The number of halogens is 2. The van der Waals surface area contributed by atoms with Crippen molar-refractivity contribution in [2.24, 2.45) is 0 Å². The molecule has 0 heterocycles. The average molecular weight is 447 g/mol. The smallest absolute Gasteiger partial charge is 0.251 e. The first kappa shape index (κ1) is 21.9. The molecule has 0 unspecified atom stereocenters. The van der Waals surface area contributed by atoms with Crippen molar-refractivity contribution in [3.8, 4) is 0 Å². The number of carbonyl (C=O) groups is 1. The average Bonchev–Trinajstić information content (AvgIpc) is 2.57. The summed E-state index contributed by atoms with van der Waals surface area (Å²) in [6, 6.07) is 10.3. The summed E-state index contributed by atoms with van der Waals surface area (Å²) in [5.41, 5.74) is 2.54. The van der Waals surface area contributed by atoms with Crippen molar-refractivity contribution in [3.63, 3.8) is 0 Å². The highest BCUT2D eigenvalue weighted by atomic mass is 35.5. The van der Waals surface area contributed by atoms with Crippen LogP contribution in [0.1, 0.15) is 21.5 Å². The van der Waals surface area contributed by atoms with Gasteiger partial charge in [0.2, 0.25) is 10.0 Å². The molecule has 0 aliphatic carbocycles. The van der Waals surface area contributed by atoms with Crippen LogP contribution in [-0.4, -0.2) is 32.9 Å². The second kappa shape index (κ2) is 9.68. The second-order valence-electron chi connectivity index (χ2n) is 5.95. The topological polar surface area (TPSA) is 75.3 Å². The fourth-order valence-electron chi connectivity index (χ4n) is 2.23. The van der Waals surface area contributed by atoms with Crippen molar-refractivity contribution in [2.75, 3.05) is 23.3 Å². The zero-order valence-corrected chi connectivity index (χ0v) is 18.0. The molecule has 0 saturated heterocycles. The van der Waals surface area contributed by atoms with E-state index in [4.69, 9.17) is 23.2 Å². The highest BCUT2D eigenvalue weighted by Crippen LogP contribution is 2.24. The molecule has 2 aromatic carbocycles. The van der Waals surface area contributed by atoms with Crippen LogP contribution in [0.3, 0.4) is 0 Å². The van der Waals surface area contributed by atoms with Crippen LogP contribution in [0, 0.1) is 6.92 Å². The SMILES string of the molecule is Cc1ccc(C(=O)NCCSCc2ccc(Cl)cc2Cl)cc1NS(C)(=O)=O. The van der Waals surface area contributed by atoms with Crippen molar-refractivity contribution < 1.29 is 13.2 Å². The zero-order valence-electron chi connectivity index (χ0n) is 14.9. The number of anilines is 1. The first-order valence-electron chi connectivity index (χ1n) is 8.04. The van der Waals surface area contributed by atoms with Crippen LogP contribution in [0.15, 0.2) is 36.4 Å². The summed E-state index contributed by atoms with van der Waals surface area (Å²) in [6.45, 7) is 2.26. The van der Waals surface area contributed by atoms with E-state index in [0.717, 1.165) is 23.1 Å². The first-order valence-corrected chi connectivity index (χ1v) is 11.8. The molecule has 0 atom stereocenters. The Morgan fingerprint density at radius 2 is 1.89 bits per heavy atom. The Morgan fingerprint density at radius 3 is 2.56 bits per heavy atom. The molecule has 0 spiro atoms. The normalized spacial score (nSPS) is 11.3. The van der Waals surface area contributed by atoms with Gasteiger partial charge >= 0.3 is 0 Å². The molecule has 0 fully saturated rings. The van der Waals surface area contributed by atoms with E-state index >= 15 is 0 Å². The number of hydrogen-bond donors (Lipinski definition) is 2. The van der Waals surface area contributed by atoms with Gasteiger partial charge in [0.05, 0.1) is 11.9 Å². The number of sulfonamides is 1. The summed E-state index contributed by atoms with van der Waals surface area (Å²) in [4.78, 5) is 12.3. The Morgan fingerprint density at radius 1 is 1.15 bits per heavy atom. The standard InChI is InChI=1S/C18H20Cl2N2O3S2/c1-12-3-4-13(9-17(12)22-27(2,24)25)18(23)21-7-8-26-11-14-5-6-15(19)10-16(14)20/h3-6,9-10,22H,7-8,11H2,1-2H3,(H,21,23). The molecule has 0 saturated carbocycles. The molecule has 0 aliphatic heterocycles. The van der Waals surface area contributed by atoms with Gasteiger partial charge in [-0.3, -0.25) is 9.52 Å². The highest BCUT2D eigenvalue weighted by Gasteiger charge is 2.10. The lowest BCUT2D eigenvalue weighted by atomic mass is 10.1. The zero-order chi connectivity index (χ0) is 20.0. The lowest BCUT2D eigenvalue weighted by molar-refractivity contribution is 0.0956. The van der Waals surface area contributed by atoms with Gasteiger partial charge < -0.3 is 5.32 Å². The fourth-order valence-corrected chi connectivity index (χ4v) is 4.27. The van der Waals surface area contributed by atoms with Crippen LogP contribution in [0.25, 0.3) is 0 Å². The third-order valence-electron chi connectivity index (χ3n) is 3.60. The molecule has 27 heavy (non-hydrogen) atoms. The Balaban J connectivity index is 1.84. The molecule has 0 radical (unpaired) electrons. The molecule has 1 amide bonds. The van der Waals surface area contributed by atoms with Crippen molar-refractivity contribution in [1.82, 2.24) is 5.32 Å². The molecule has 0 aliphatic rings. The minimum atomic E-state index is -3.40. The van der Waals surface area contributed by atoms with Crippen LogP contribution >= 0.6 is 35.0 Å². The van der Waals surface area contributed by atoms with Gasteiger partial charge in [-0.15, -0.1) is 0 Å². The van der Waals surface area contributed by atoms with Crippen LogP contribution in [0.5, 0.6) is 0 Å². The first-order chi connectivity index (χ1) is 12.7. The highest BCUT2D eigenvalue weighted by molar-refractivity contribution is 7.98. The Kier molecular flexibility index (Phi) is 7.85. The lowest BCUT2D eigenvalue weighted by Crippen LogP contribution is -2.26. The van der Waals surface area contributed by atoms with Crippen molar-refractivity contribution in [1.29, 1.82) is 0 Å². The number of benzene rings is 2. The Hall–Kier alpha value is -1.41. The number of aryl methyl sites for hydroxylation is 1. The van der Waals surface area contributed by atoms with E-state index in [1.165, 1.54) is 6.07 Å². The van der Waals surface area contributed by atoms with E-state index in [1.807, 2.05) is 6.07 Å². The van der Waals surface area contributed by atoms with E-state index in [9.17, 15) is 13.2 Å². The van der Waals surface area contributed by atoms with Gasteiger partial charge in [0.25, 0.3) is 5.91 Å². The van der Waals surface area contributed by atoms with Crippen molar-refractivity contribution in [2.45, 2.75) is 12.7 Å². The Bertz CT molecular complexity index is 934. The van der Waals surface area contributed by atoms with Crippen LogP contribution < -0.4 is 10.0 Å². The molecule has 0 bridgehead atoms. The van der Waals surface area contributed by atoms with Crippen molar-refractivity contribution in [3.05, 3.63) is 63.1 Å². The molecule has 5 nitrogen and oxygen atoms in total. The van der Waals surface area contributed by atoms with Gasteiger partial charge in [0.15, 0.2) is 0 Å². The van der Waals surface area contributed by atoms with Crippen LogP contribution in [0.4, 0.5) is 5.69 Å². The lowest BCUT2D eigenvalue weighted by Gasteiger charge is -2.11. The maximum atomic E-state index is 12.3. The maximum Gasteiger partial charge on any atom is 0.251 e. The van der Waals surface area contributed by atoms with E-state index in [1.54, 1.807) is 43.0 Å². The summed E-state index contributed by atoms with van der Waals surface area (Å²) in [5, 5.41) is 4.06. The van der Waals surface area contributed by atoms with Gasteiger partial charge in [-0.1, -0.05) is 35.3 Å². The maximum absolute atomic E-state index is 12.3. The van der Waals surface area contributed by atoms with Gasteiger partial charge in [0, 0.05) is 33.7 Å². The van der Waals surface area contributed by atoms with Gasteiger partial charge in [-0.25, -0.2) is 8.42 Å². The third-order valence-corrected chi connectivity index (χ3v) is 5.79. The largest absolute Gasteiger partial charge is 0.351 e. The minimum absolute atomic E-state index is 0.253. The number of rotatable bonds is 8. The van der Waals surface area contributed by atoms with E-state index in [-0.39, 0.29) is 5.91 Å². The minimum Gasteiger partial charge on any atom is -0.351 e. The van der Waals surface area contributed by atoms with Crippen LogP contribution in [0.2, 0.25) is 10.0 Å². The number of hydrogen-bond acceptors (Lipinski definition) is 4. The molecule has 9 heteroatoms. The van der Waals surface area contributed by atoms with Crippen molar-refractivity contribution >= 4 is 56.6 Å². The summed E-state index contributed by atoms with van der Waals surface area (Å²) >= 11 is 13.6. The molecular formula is C18H20Cl2N2O3S2. The summed E-state index contributed by atoms with van der Waals surface area (Å²) in [7, 11) is -3.40. The van der Waals surface area contributed by atoms with E-state index < -0.39 is 10.0 Å². The van der Waals surface area contributed by atoms with Gasteiger partial charge in [0.1, 0.15) is 0 Å². The molecule has 2 rings (SSSR count). The molecular weight excluding hydrogens is 427 g/mol. The fraction of sp³-hybridized carbons (Fsp3) is 0.278. The third kappa shape index (κ3) is 7.25. The number of carbonyl (C=O) groups excluding carboxylic acids is 1. The van der Waals surface area contributed by atoms with E-state index in [2.05, 4.69) is 10.0 Å². The second-order valence-corrected chi connectivity index (χ2v) is 9.65. The number of amides is 1. The molecule has 0 aromatic heterocycles. The molecule has 2 aromatic rings. The van der Waals surface area contributed by atoms with E-state index in [0.29, 0.717) is 33.6 Å². The number of nitrogens with one attached hydrogen (secondary N) is 2. The monoisotopic (exact) mass is 446 g/mol. The number of thioether (sulfide) groups is 1. The quantitative estimate of drug-likeness (QED) is 0.591. The molecule has 146 valence electrons. The summed E-state index contributed by atoms with van der Waals surface area (Å²) < 4.78 is 25.2. The van der Waals surface area contributed by atoms with Crippen LogP contribution in [-0.2, 0) is 15.8 Å². The summed E-state index contributed by atoms with van der Waals surface area (Å²) in [6.07, 6.45) is 1.07. The van der Waals surface area contributed by atoms with Gasteiger partial charge in [-0.2, -0.15) is 11.8 Å². The molecule has 2 N–H and O–H groups in total. The van der Waals surface area contributed by atoms with Gasteiger partial charge in [-0.05, 0) is 42.3 Å². The summed E-state index contributed by atoms with van der Waals surface area (Å²) in [5.74, 6) is 1.18. The predicted molar refractivity (Wildman–Crippen MR) is 115 cm³/mol.